The van der Waals surface area contributed by atoms with E-state index < -0.39 is 41.7 Å². The van der Waals surface area contributed by atoms with Crippen LogP contribution < -0.4 is 10.6 Å². The highest BCUT2D eigenvalue weighted by Gasteiger charge is 2.61. The van der Waals surface area contributed by atoms with E-state index in [1.807, 2.05) is 36.4 Å². The number of carbonyl (C=O) groups excluding carboxylic acids is 3. The number of halogens is 1. The van der Waals surface area contributed by atoms with Crippen molar-refractivity contribution in [1.29, 1.82) is 0 Å². The molecule has 3 aliphatic heterocycles. The number of fused-ring (bicyclic) bond motifs is 3. The van der Waals surface area contributed by atoms with Crippen molar-refractivity contribution in [3.05, 3.63) is 77.1 Å². The zero-order valence-electron chi connectivity index (χ0n) is 27.8. The Hall–Kier alpha value is -4.41. The van der Waals surface area contributed by atoms with E-state index in [2.05, 4.69) is 31.4 Å². The maximum atomic E-state index is 14.4. The van der Waals surface area contributed by atoms with Gasteiger partial charge in [0.2, 0.25) is 11.8 Å². The van der Waals surface area contributed by atoms with Gasteiger partial charge >= 0.3 is 12.1 Å². The number of allylic oxidation sites excluding steroid dienone is 1. The zero-order chi connectivity index (χ0) is 34.2. The molecule has 48 heavy (non-hydrogen) atoms. The van der Waals surface area contributed by atoms with Gasteiger partial charge in [0.1, 0.15) is 29.5 Å². The van der Waals surface area contributed by atoms with Crippen LogP contribution in [0.1, 0.15) is 82.4 Å². The van der Waals surface area contributed by atoms with E-state index in [1.165, 1.54) is 15.9 Å². The SMILES string of the molecule is CC(C)(C)c1cccc(N[C@H]2CCCCC/C=C\[C@@H]3C[C@@]3(C(=O)O)NC(=O)[C@@H]3C[C@@H](OC(=O)N4Cc5cccc(F)c5C4)CN3C2=O)c1. The van der Waals surface area contributed by atoms with Gasteiger partial charge in [0, 0.05) is 30.1 Å². The van der Waals surface area contributed by atoms with E-state index in [9.17, 15) is 28.7 Å². The highest BCUT2D eigenvalue weighted by Crippen LogP contribution is 2.45. The fourth-order valence-corrected chi connectivity index (χ4v) is 7.15. The Bertz CT molecular complexity index is 1620. The third kappa shape index (κ3) is 6.91. The van der Waals surface area contributed by atoms with Crippen LogP contribution >= 0.6 is 0 Å². The molecule has 1 saturated carbocycles. The first kappa shape index (κ1) is 33.5. The number of ether oxygens (including phenoxy) is 1. The van der Waals surface area contributed by atoms with E-state index in [4.69, 9.17) is 4.74 Å². The molecule has 2 aromatic carbocycles. The monoisotopic (exact) mass is 660 g/mol. The standard InChI is InChI=1S/C37H45FN4O6/c1-36(2,3)24-13-10-14-26(17-24)39-30-16-8-6-4-5-7-12-25-19-37(25,34(45)46)40-32(43)31-18-27(21-42(31)33(30)44)48-35(47)41-20-23-11-9-15-29(38)28(23)22-41/h7,9-15,17,25,27,30-31,39H,4-6,8,16,18-22H2,1-3H3,(H,40,43)(H,45,46)/b12-7-/t25-,27-,30+,31+,37-/m1/s1. The first-order valence-electron chi connectivity index (χ1n) is 17.0. The summed E-state index contributed by atoms with van der Waals surface area (Å²) < 4.78 is 20.2. The van der Waals surface area contributed by atoms with Crippen molar-refractivity contribution < 1.29 is 33.4 Å². The van der Waals surface area contributed by atoms with Gasteiger partial charge in [0.05, 0.1) is 13.1 Å². The molecule has 3 N–H and O–H groups in total. The predicted octanol–water partition coefficient (Wildman–Crippen LogP) is 5.51. The molecule has 1 aliphatic carbocycles. The second-order valence-electron chi connectivity index (χ2n) is 14.7. The van der Waals surface area contributed by atoms with Crippen LogP contribution in [-0.2, 0) is 37.6 Å². The van der Waals surface area contributed by atoms with Crippen molar-refractivity contribution in [2.45, 2.75) is 108 Å². The minimum absolute atomic E-state index is 0.0148. The Balaban J connectivity index is 1.25. The van der Waals surface area contributed by atoms with Crippen molar-refractivity contribution in [2.75, 3.05) is 11.9 Å². The maximum absolute atomic E-state index is 14.4. The van der Waals surface area contributed by atoms with Gasteiger partial charge in [-0.3, -0.25) is 14.5 Å². The molecule has 5 atom stereocenters. The quantitative estimate of drug-likeness (QED) is 0.370. The lowest BCUT2D eigenvalue weighted by Crippen LogP contribution is -2.55. The van der Waals surface area contributed by atoms with E-state index in [0.717, 1.165) is 36.9 Å². The number of nitrogens with one attached hydrogen (secondary N) is 2. The fraction of sp³-hybridized carbons (Fsp3) is 0.514. The Labute approximate surface area is 280 Å². The van der Waals surface area contributed by atoms with E-state index >= 15 is 0 Å². The normalized spacial score (nSPS) is 28.2. The molecular weight excluding hydrogens is 615 g/mol. The summed E-state index contributed by atoms with van der Waals surface area (Å²) in [4.78, 5) is 56.9. The number of anilines is 1. The number of carboxylic acids is 1. The lowest BCUT2D eigenvalue weighted by molar-refractivity contribution is -0.145. The molecule has 3 amide bonds. The highest BCUT2D eigenvalue weighted by atomic mass is 19.1. The minimum Gasteiger partial charge on any atom is -0.479 e. The van der Waals surface area contributed by atoms with Gasteiger partial charge in [0.25, 0.3) is 0 Å². The van der Waals surface area contributed by atoms with Crippen LogP contribution in [0, 0.1) is 11.7 Å². The van der Waals surface area contributed by atoms with Gasteiger partial charge in [0.15, 0.2) is 0 Å². The summed E-state index contributed by atoms with van der Waals surface area (Å²) >= 11 is 0. The Morgan fingerprint density at radius 2 is 1.88 bits per heavy atom. The number of nitrogens with zero attached hydrogens (tertiary/aromatic N) is 2. The molecule has 0 spiro atoms. The van der Waals surface area contributed by atoms with E-state index in [1.54, 1.807) is 12.1 Å². The molecular formula is C37H45FN4O6. The highest BCUT2D eigenvalue weighted by molar-refractivity contribution is 5.96. The molecule has 2 fully saturated rings. The largest absolute Gasteiger partial charge is 0.479 e. The third-order valence-electron chi connectivity index (χ3n) is 10.1. The lowest BCUT2D eigenvalue weighted by atomic mass is 9.87. The number of rotatable bonds is 4. The number of benzene rings is 2. The van der Waals surface area contributed by atoms with Crippen LogP contribution in [0.2, 0.25) is 0 Å². The van der Waals surface area contributed by atoms with Crippen molar-refractivity contribution in [2.24, 2.45) is 5.92 Å². The molecule has 10 nitrogen and oxygen atoms in total. The molecule has 2 aromatic rings. The van der Waals surface area contributed by atoms with E-state index in [0.29, 0.717) is 17.5 Å². The van der Waals surface area contributed by atoms with Gasteiger partial charge in [-0.2, -0.15) is 0 Å². The topological polar surface area (TPSA) is 128 Å². The molecule has 0 bridgehead atoms. The molecule has 6 rings (SSSR count). The summed E-state index contributed by atoms with van der Waals surface area (Å²) in [5.74, 6) is -2.74. The first-order chi connectivity index (χ1) is 22.9. The Morgan fingerprint density at radius 1 is 1.08 bits per heavy atom. The van der Waals surface area contributed by atoms with Gasteiger partial charge in [-0.25, -0.2) is 14.0 Å². The molecule has 11 heteroatoms. The summed E-state index contributed by atoms with van der Waals surface area (Å²) in [6, 6.07) is 11.0. The first-order valence-corrected chi connectivity index (χ1v) is 17.0. The van der Waals surface area contributed by atoms with Crippen molar-refractivity contribution in [1.82, 2.24) is 15.1 Å². The number of carboxylic acid groups (broad SMARTS) is 1. The van der Waals surface area contributed by atoms with Gasteiger partial charge in [-0.05, 0) is 60.4 Å². The Kier molecular flexibility index (Phi) is 9.24. The van der Waals surface area contributed by atoms with Crippen LogP contribution in [0.4, 0.5) is 14.9 Å². The molecule has 0 unspecified atom stereocenters. The van der Waals surface area contributed by atoms with Gasteiger partial charge in [-0.1, -0.05) is 70.0 Å². The van der Waals surface area contributed by atoms with E-state index in [-0.39, 0.29) is 55.5 Å². The maximum Gasteiger partial charge on any atom is 0.410 e. The molecule has 4 aliphatic rings. The number of aliphatic carboxylic acids is 1. The number of carbonyl (C=O) groups is 4. The second kappa shape index (κ2) is 13.2. The smallest absolute Gasteiger partial charge is 0.410 e. The molecule has 0 radical (unpaired) electrons. The average Bonchev–Trinajstić information content (AvgIpc) is 3.34. The molecule has 256 valence electrons. The number of hydrogen-bond donors (Lipinski definition) is 3. The Morgan fingerprint density at radius 3 is 2.62 bits per heavy atom. The second-order valence-corrected chi connectivity index (χ2v) is 14.7. The third-order valence-corrected chi connectivity index (χ3v) is 10.1. The molecule has 1 saturated heterocycles. The predicted molar refractivity (Wildman–Crippen MR) is 177 cm³/mol. The van der Waals surface area contributed by atoms with Crippen molar-refractivity contribution in [3.63, 3.8) is 0 Å². The number of amides is 3. The van der Waals surface area contributed by atoms with Crippen molar-refractivity contribution >= 4 is 29.6 Å². The van der Waals surface area contributed by atoms with Gasteiger partial charge in [-0.15, -0.1) is 0 Å². The minimum atomic E-state index is -1.44. The molecule has 3 heterocycles. The van der Waals surface area contributed by atoms with Crippen LogP contribution in [-0.4, -0.2) is 69.1 Å². The fourth-order valence-electron chi connectivity index (χ4n) is 7.15. The van der Waals surface area contributed by atoms with Crippen LogP contribution in [0.3, 0.4) is 0 Å². The number of hydrogen-bond acceptors (Lipinski definition) is 6. The lowest BCUT2D eigenvalue weighted by Gasteiger charge is -2.30. The summed E-state index contributed by atoms with van der Waals surface area (Å²) in [7, 11) is 0. The summed E-state index contributed by atoms with van der Waals surface area (Å²) in [6.07, 6.45) is 6.53. The van der Waals surface area contributed by atoms with Crippen LogP contribution in [0.15, 0.2) is 54.6 Å². The average molecular weight is 661 g/mol. The van der Waals surface area contributed by atoms with Crippen LogP contribution in [0.25, 0.3) is 0 Å². The molecule has 0 aromatic heterocycles. The summed E-state index contributed by atoms with van der Waals surface area (Å²) in [5, 5.41) is 16.3. The summed E-state index contributed by atoms with van der Waals surface area (Å²) in [6.45, 7) is 6.60. The van der Waals surface area contributed by atoms with Crippen molar-refractivity contribution in [3.8, 4) is 0 Å². The summed E-state index contributed by atoms with van der Waals surface area (Å²) in [5.41, 5.74) is 1.51. The zero-order valence-corrected chi connectivity index (χ0v) is 27.8. The van der Waals surface area contributed by atoms with Gasteiger partial charge < -0.3 is 25.4 Å². The van der Waals surface area contributed by atoms with Crippen LogP contribution in [0.5, 0.6) is 0 Å².